The smallest absolute Gasteiger partial charge is 0.133 e. The molecule has 0 amide bonds. The average molecular weight is 257 g/mol. The van der Waals surface area contributed by atoms with Gasteiger partial charge in [-0.1, -0.05) is 55.1 Å². The number of hydroxylamine groups is 1. The lowest BCUT2D eigenvalue weighted by atomic mass is 10.2. The first-order chi connectivity index (χ1) is 9.18. The van der Waals surface area contributed by atoms with E-state index in [1.165, 1.54) is 6.34 Å². The predicted octanol–water partition coefficient (Wildman–Crippen LogP) is 2.89. The third-order valence-corrected chi connectivity index (χ3v) is 2.06. The van der Waals surface area contributed by atoms with Crippen molar-refractivity contribution >= 4 is 6.34 Å². The molecule has 0 aliphatic carbocycles. The first-order valence-corrected chi connectivity index (χ1v) is 5.90. The summed E-state index contributed by atoms with van der Waals surface area (Å²) in [5.41, 5.74) is 8.07. The molecule has 0 radical (unpaired) electrons. The standard InChI is InChI=1S/C15H19N3O/c1-13(2)9-10-14(3)18-16-12-17-19-11-15-7-5-4-6-8-15/h4-10,12,18H,1,3,11H2,2H3,(H,16,17)/b10-9-. The number of hydrogen-bond donors (Lipinski definition) is 2. The van der Waals surface area contributed by atoms with Crippen LogP contribution in [0.5, 0.6) is 0 Å². The summed E-state index contributed by atoms with van der Waals surface area (Å²) < 4.78 is 0. The Bertz CT molecular complexity index is 464. The molecule has 0 heterocycles. The summed E-state index contributed by atoms with van der Waals surface area (Å²) in [6.45, 7) is 9.91. The lowest BCUT2D eigenvalue weighted by molar-refractivity contribution is 0.0742. The molecule has 1 aromatic rings. The van der Waals surface area contributed by atoms with Crippen molar-refractivity contribution < 1.29 is 4.84 Å². The number of hydrogen-bond acceptors (Lipinski definition) is 3. The Morgan fingerprint density at radius 1 is 1.26 bits per heavy atom. The minimum atomic E-state index is 0.476. The Morgan fingerprint density at radius 3 is 2.68 bits per heavy atom. The highest BCUT2D eigenvalue weighted by Crippen LogP contribution is 1.98. The molecule has 4 heteroatoms. The van der Waals surface area contributed by atoms with Crippen LogP contribution in [0, 0.1) is 0 Å². The monoisotopic (exact) mass is 257 g/mol. The predicted molar refractivity (Wildman–Crippen MR) is 79.1 cm³/mol. The van der Waals surface area contributed by atoms with E-state index in [4.69, 9.17) is 4.84 Å². The first-order valence-electron chi connectivity index (χ1n) is 5.90. The van der Waals surface area contributed by atoms with Crippen LogP contribution >= 0.6 is 0 Å². The molecule has 0 aliphatic rings. The normalized spacial score (nSPS) is 10.8. The van der Waals surface area contributed by atoms with Crippen molar-refractivity contribution in [1.29, 1.82) is 0 Å². The molecule has 0 aromatic heterocycles. The van der Waals surface area contributed by atoms with E-state index < -0.39 is 0 Å². The van der Waals surface area contributed by atoms with E-state index in [-0.39, 0.29) is 0 Å². The average Bonchev–Trinajstić information content (AvgIpc) is 2.41. The fourth-order valence-corrected chi connectivity index (χ4v) is 1.16. The highest BCUT2D eigenvalue weighted by atomic mass is 16.6. The molecule has 0 unspecified atom stereocenters. The molecule has 0 fully saturated rings. The largest absolute Gasteiger partial charge is 0.278 e. The molecule has 0 saturated carbocycles. The van der Waals surface area contributed by atoms with Crippen LogP contribution in [-0.2, 0) is 11.4 Å². The van der Waals surface area contributed by atoms with Gasteiger partial charge in [-0.25, -0.2) is 0 Å². The SMILES string of the molecule is C=C(C)/C=C\C(=C)N/N=C/NOCc1ccccc1. The fraction of sp³-hybridized carbons (Fsp3) is 0.133. The van der Waals surface area contributed by atoms with Gasteiger partial charge in [-0.3, -0.25) is 15.7 Å². The van der Waals surface area contributed by atoms with Gasteiger partial charge in [-0.05, 0) is 18.6 Å². The van der Waals surface area contributed by atoms with Crippen LogP contribution in [0.1, 0.15) is 12.5 Å². The van der Waals surface area contributed by atoms with E-state index in [1.54, 1.807) is 6.08 Å². The van der Waals surface area contributed by atoms with E-state index in [0.717, 1.165) is 11.1 Å². The Labute approximate surface area is 114 Å². The molecule has 0 aliphatic heterocycles. The number of hydrazone groups is 1. The van der Waals surface area contributed by atoms with Crippen LogP contribution in [-0.4, -0.2) is 6.34 Å². The molecular formula is C15H19N3O. The third kappa shape index (κ3) is 7.57. The zero-order chi connectivity index (χ0) is 13.9. The first kappa shape index (κ1) is 14.7. The molecular weight excluding hydrogens is 238 g/mol. The van der Waals surface area contributed by atoms with Crippen LogP contribution < -0.4 is 10.9 Å². The summed E-state index contributed by atoms with van der Waals surface area (Å²) in [5, 5.41) is 3.89. The van der Waals surface area contributed by atoms with Gasteiger partial charge in [0.2, 0.25) is 0 Å². The minimum Gasteiger partial charge on any atom is -0.278 e. The van der Waals surface area contributed by atoms with Gasteiger partial charge in [0.05, 0.1) is 6.61 Å². The summed E-state index contributed by atoms with van der Waals surface area (Å²) >= 11 is 0. The number of nitrogens with one attached hydrogen (secondary N) is 2. The summed E-state index contributed by atoms with van der Waals surface area (Å²) in [6.07, 6.45) is 5.07. The molecule has 4 nitrogen and oxygen atoms in total. The van der Waals surface area contributed by atoms with Crippen LogP contribution in [0.4, 0.5) is 0 Å². The van der Waals surface area contributed by atoms with Gasteiger partial charge in [0.1, 0.15) is 6.34 Å². The fourth-order valence-electron chi connectivity index (χ4n) is 1.16. The zero-order valence-electron chi connectivity index (χ0n) is 11.1. The van der Waals surface area contributed by atoms with Crippen LogP contribution in [0.25, 0.3) is 0 Å². The highest BCUT2D eigenvalue weighted by Gasteiger charge is 1.89. The zero-order valence-corrected chi connectivity index (χ0v) is 11.1. The number of allylic oxidation sites excluding steroid dienone is 3. The van der Waals surface area contributed by atoms with Crippen molar-refractivity contribution in [1.82, 2.24) is 10.9 Å². The number of nitrogens with zero attached hydrogens (tertiary/aromatic N) is 1. The lowest BCUT2D eigenvalue weighted by Gasteiger charge is -2.02. The summed E-state index contributed by atoms with van der Waals surface area (Å²) in [6, 6.07) is 9.87. The van der Waals surface area contributed by atoms with Gasteiger partial charge >= 0.3 is 0 Å². The molecule has 0 saturated heterocycles. The molecule has 1 rings (SSSR count). The second-order valence-corrected chi connectivity index (χ2v) is 3.97. The summed E-state index contributed by atoms with van der Waals surface area (Å²) in [4.78, 5) is 5.20. The molecule has 0 spiro atoms. The van der Waals surface area contributed by atoms with Crippen molar-refractivity contribution in [2.45, 2.75) is 13.5 Å². The molecule has 1 aromatic carbocycles. The molecule has 19 heavy (non-hydrogen) atoms. The van der Waals surface area contributed by atoms with Crippen LogP contribution in [0.3, 0.4) is 0 Å². The van der Waals surface area contributed by atoms with Gasteiger partial charge < -0.3 is 0 Å². The summed E-state index contributed by atoms with van der Waals surface area (Å²) in [5.74, 6) is 0. The Hall–Kier alpha value is -2.33. The Balaban J connectivity index is 2.14. The number of rotatable bonds is 8. The second-order valence-electron chi connectivity index (χ2n) is 3.97. The van der Waals surface area contributed by atoms with Crippen LogP contribution in [0.15, 0.2) is 72.0 Å². The van der Waals surface area contributed by atoms with Crippen molar-refractivity contribution in [3.05, 3.63) is 72.5 Å². The number of benzene rings is 1. The highest BCUT2D eigenvalue weighted by molar-refractivity contribution is 5.52. The lowest BCUT2D eigenvalue weighted by Crippen LogP contribution is -2.14. The molecule has 0 bridgehead atoms. The Morgan fingerprint density at radius 2 is 2.00 bits per heavy atom. The van der Waals surface area contributed by atoms with E-state index in [2.05, 4.69) is 29.2 Å². The Kier molecular flexibility index (Phi) is 6.76. The van der Waals surface area contributed by atoms with E-state index >= 15 is 0 Å². The van der Waals surface area contributed by atoms with E-state index in [9.17, 15) is 0 Å². The summed E-state index contributed by atoms with van der Waals surface area (Å²) in [7, 11) is 0. The maximum Gasteiger partial charge on any atom is 0.133 e. The van der Waals surface area contributed by atoms with Crippen molar-refractivity contribution in [2.24, 2.45) is 5.10 Å². The third-order valence-electron chi connectivity index (χ3n) is 2.06. The van der Waals surface area contributed by atoms with Crippen molar-refractivity contribution in [3.8, 4) is 0 Å². The topological polar surface area (TPSA) is 45.7 Å². The van der Waals surface area contributed by atoms with Crippen LogP contribution in [0.2, 0.25) is 0 Å². The van der Waals surface area contributed by atoms with Gasteiger partial charge in [0.15, 0.2) is 0 Å². The second kappa shape index (κ2) is 8.72. The minimum absolute atomic E-state index is 0.476. The quantitative estimate of drug-likeness (QED) is 0.247. The molecule has 100 valence electrons. The van der Waals surface area contributed by atoms with Crippen molar-refractivity contribution in [2.75, 3.05) is 0 Å². The van der Waals surface area contributed by atoms with Gasteiger partial charge in [-0.2, -0.15) is 5.10 Å². The molecule has 2 N–H and O–H groups in total. The van der Waals surface area contributed by atoms with Gasteiger partial charge in [-0.15, -0.1) is 0 Å². The van der Waals surface area contributed by atoms with Crippen molar-refractivity contribution in [3.63, 3.8) is 0 Å². The maximum absolute atomic E-state index is 5.20. The van der Waals surface area contributed by atoms with Gasteiger partial charge in [0.25, 0.3) is 0 Å². The van der Waals surface area contributed by atoms with E-state index in [0.29, 0.717) is 12.3 Å². The molecule has 0 atom stereocenters. The van der Waals surface area contributed by atoms with Gasteiger partial charge in [0, 0.05) is 5.70 Å². The maximum atomic E-state index is 5.20. The van der Waals surface area contributed by atoms with E-state index in [1.807, 2.05) is 43.3 Å².